The molecule has 1 N–H and O–H groups in total. The van der Waals surface area contributed by atoms with Gasteiger partial charge in [0.1, 0.15) is 5.75 Å². The molecule has 0 saturated heterocycles. The molecule has 4 heteroatoms. The van der Waals surface area contributed by atoms with E-state index in [1.807, 2.05) is 12.1 Å². The standard InChI is InChI=1S/C10H8O3S/c1-13-7-3-2-4-8-9(7)6(5-14-8)10(11)12/h2-5H,1H3,(H,11,12). The summed E-state index contributed by atoms with van der Waals surface area (Å²) in [7, 11) is 1.54. The van der Waals surface area contributed by atoms with Crippen molar-refractivity contribution < 1.29 is 14.6 Å². The Morgan fingerprint density at radius 1 is 1.50 bits per heavy atom. The molecular formula is C10H8O3S. The molecule has 0 amide bonds. The van der Waals surface area contributed by atoms with Crippen LogP contribution in [-0.2, 0) is 0 Å². The van der Waals surface area contributed by atoms with Crippen LogP contribution in [0.2, 0.25) is 0 Å². The van der Waals surface area contributed by atoms with Crippen molar-refractivity contribution >= 4 is 27.4 Å². The van der Waals surface area contributed by atoms with Gasteiger partial charge in [-0.05, 0) is 12.1 Å². The third-order valence-electron chi connectivity index (χ3n) is 2.01. The monoisotopic (exact) mass is 208 g/mol. The van der Waals surface area contributed by atoms with E-state index in [0.29, 0.717) is 16.7 Å². The zero-order valence-corrected chi connectivity index (χ0v) is 8.30. The number of hydrogen-bond donors (Lipinski definition) is 1. The van der Waals surface area contributed by atoms with Crippen molar-refractivity contribution in [3.8, 4) is 5.75 Å². The van der Waals surface area contributed by atoms with Gasteiger partial charge in [-0.25, -0.2) is 4.79 Å². The summed E-state index contributed by atoms with van der Waals surface area (Å²) in [6, 6.07) is 5.50. The largest absolute Gasteiger partial charge is 0.496 e. The molecule has 0 radical (unpaired) electrons. The summed E-state index contributed by atoms with van der Waals surface area (Å²) in [5.74, 6) is -0.304. The third-order valence-corrected chi connectivity index (χ3v) is 2.96. The van der Waals surface area contributed by atoms with E-state index in [1.54, 1.807) is 11.4 Å². The predicted octanol–water partition coefficient (Wildman–Crippen LogP) is 2.61. The highest BCUT2D eigenvalue weighted by Gasteiger charge is 2.14. The van der Waals surface area contributed by atoms with E-state index < -0.39 is 5.97 Å². The van der Waals surface area contributed by atoms with Crippen LogP contribution in [0.15, 0.2) is 23.6 Å². The Labute approximate surface area is 84.6 Å². The molecule has 3 nitrogen and oxygen atoms in total. The van der Waals surface area contributed by atoms with E-state index in [9.17, 15) is 4.79 Å². The SMILES string of the molecule is COc1cccc2scc(C(=O)O)c12. The Kier molecular flexibility index (Phi) is 2.13. The summed E-state index contributed by atoms with van der Waals surface area (Å²) >= 11 is 1.41. The second kappa shape index (κ2) is 3.31. The Morgan fingerprint density at radius 2 is 2.29 bits per heavy atom. The average Bonchev–Trinajstić information content (AvgIpc) is 2.60. The van der Waals surface area contributed by atoms with Gasteiger partial charge in [0.15, 0.2) is 0 Å². The van der Waals surface area contributed by atoms with Crippen molar-refractivity contribution in [3.05, 3.63) is 29.1 Å². The van der Waals surface area contributed by atoms with Gasteiger partial charge in [-0.1, -0.05) is 6.07 Å². The van der Waals surface area contributed by atoms with Crippen LogP contribution >= 0.6 is 11.3 Å². The fourth-order valence-electron chi connectivity index (χ4n) is 1.38. The number of carboxylic acids is 1. The molecule has 0 aliphatic rings. The number of methoxy groups -OCH3 is 1. The van der Waals surface area contributed by atoms with Gasteiger partial charge in [0.25, 0.3) is 0 Å². The number of rotatable bonds is 2. The number of benzene rings is 1. The van der Waals surface area contributed by atoms with E-state index in [-0.39, 0.29) is 0 Å². The molecule has 2 aromatic rings. The molecule has 0 unspecified atom stereocenters. The van der Waals surface area contributed by atoms with E-state index in [4.69, 9.17) is 9.84 Å². The van der Waals surface area contributed by atoms with Crippen LogP contribution in [-0.4, -0.2) is 18.2 Å². The molecule has 14 heavy (non-hydrogen) atoms. The van der Waals surface area contributed by atoms with Gasteiger partial charge in [-0.3, -0.25) is 0 Å². The van der Waals surface area contributed by atoms with Crippen LogP contribution in [0, 0.1) is 0 Å². The fourth-order valence-corrected chi connectivity index (χ4v) is 2.33. The normalized spacial score (nSPS) is 10.4. The molecule has 72 valence electrons. The maximum Gasteiger partial charge on any atom is 0.337 e. The molecular weight excluding hydrogens is 200 g/mol. The molecule has 0 aliphatic carbocycles. The average molecular weight is 208 g/mol. The highest BCUT2D eigenvalue weighted by molar-refractivity contribution is 7.17. The van der Waals surface area contributed by atoms with Crippen molar-refractivity contribution in [1.29, 1.82) is 0 Å². The van der Waals surface area contributed by atoms with E-state index in [0.717, 1.165) is 4.70 Å². The van der Waals surface area contributed by atoms with Gasteiger partial charge in [0, 0.05) is 15.5 Å². The van der Waals surface area contributed by atoms with Gasteiger partial charge in [-0.2, -0.15) is 0 Å². The third kappa shape index (κ3) is 1.24. The molecule has 1 heterocycles. The van der Waals surface area contributed by atoms with Crippen LogP contribution < -0.4 is 4.74 Å². The summed E-state index contributed by atoms with van der Waals surface area (Å²) in [6.45, 7) is 0. The number of carbonyl (C=O) groups is 1. The zero-order valence-electron chi connectivity index (χ0n) is 7.48. The van der Waals surface area contributed by atoms with E-state index in [1.165, 1.54) is 18.4 Å². The predicted molar refractivity (Wildman–Crippen MR) is 55.3 cm³/mol. The highest BCUT2D eigenvalue weighted by atomic mass is 32.1. The maximum atomic E-state index is 10.9. The van der Waals surface area contributed by atoms with Gasteiger partial charge in [0.2, 0.25) is 0 Å². The van der Waals surface area contributed by atoms with Crippen molar-refractivity contribution in [3.63, 3.8) is 0 Å². The maximum absolute atomic E-state index is 10.9. The van der Waals surface area contributed by atoms with Crippen molar-refractivity contribution in [2.45, 2.75) is 0 Å². The first-order chi connectivity index (χ1) is 6.74. The summed E-state index contributed by atoms with van der Waals surface area (Å²) in [5.41, 5.74) is 0.308. The minimum absolute atomic E-state index is 0.308. The first-order valence-electron chi connectivity index (χ1n) is 4.01. The number of carboxylic acid groups (broad SMARTS) is 1. The lowest BCUT2D eigenvalue weighted by Gasteiger charge is -2.01. The molecule has 1 aromatic heterocycles. The Hall–Kier alpha value is -1.55. The van der Waals surface area contributed by atoms with Gasteiger partial charge < -0.3 is 9.84 Å². The number of hydrogen-bond acceptors (Lipinski definition) is 3. The minimum atomic E-state index is -0.916. The molecule has 0 bridgehead atoms. The van der Waals surface area contributed by atoms with Gasteiger partial charge in [0.05, 0.1) is 12.7 Å². The summed E-state index contributed by atoms with van der Waals surface area (Å²) in [5, 5.41) is 11.3. The molecule has 0 saturated carbocycles. The number of thiophene rings is 1. The second-order valence-electron chi connectivity index (χ2n) is 2.79. The first kappa shape index (κ1) is 9.02. The Balaban J connectivity index is 2.81. The number of fused-ring (bicyclic) bond motifs is 1. The molecule has 0 spiro atoms. The van der Waals surface area contributed by atoms with Crippen LogP contribution in [0.3, 0.4) is 0 Å². The quantitative estimate of drug-likeness (QED) is 0.825. The lowest BCUT2D eigenvalue weighted by atomic mass is 10.1. The second-order valence-corrected chi connectivity index (χ2v) is 3.70. The molecule has 0 fully saturated rings. The lowest BCUT2D eigenvalue weighted by Crippen LogP contribution is -1.95. The van der Waals surface area contributed by atoms with E-state index >= 15 is 0 Å². The molecule has 0 aliphatic heterocycles. The Morgan fingerprint density at radius 3 is 2.93 bits per heavy atom. The van der Waals surface area contributed by atoms with Gasteiger partial charge >= 0.3 is 5.97 Å². The summed E-state index contributed by atoms with van der Waals surface area (Å²) in [4.78, 5) is 10.9. The molecule has 2 rings (SSSR count). The smallest absolute Gasteiger partial charge is 0.337 e. The Bertz CT molecular complexity index is 487. The van der Waals surface area contributed by atoms with E-state index in [2.05, 4.69) is 0 Å². The van der Waals surface area contributed by atoms with Gasteiger partial charge in [-0.15, -0.1) is 11.3 Å². The summed E-state index contributed by atoms with van der Waals surface area (Å²) in [6.07, 6.45) is 0. The zero-order chi connectivity index (χ0) is 10.1. The highest BCUT2D eigenvalue weighted by Crippen LogP contribution is 2.33. The van der Waals surface area contributed by atoms with Crippen LogP contribution in [0.25, 0.3) is 10.1 Å². The van der Waals surface area contributed by atoms with Crippen molar-refractivity contribution in [1.82, 2.24) is 0 Å². The van der Waals surface area contributed by atoms with Crippen LogP contribution in [0.4, 0.5) is 0 Å². The number of aromatic carboxylic acids is 1. The molecule has 1 aromatic carbocycles. The number of ether oxygens (including phenoxy) is 1. The fraction of sp³-hybridized carbons (Fsp3) is 0.100. The van der Waals surface area contributed by atoms with Crippen molar-refractivity contribution in [2.75, 3.05) is 7.11 Å². The lowest BCUT2D eigenvalue weighted by molar-refractivity contribution is 0.0699. The first-order valence-corrected chi connectivity index (χ1v) is 4.89. The van der Waals surface area contributed by atoms with Crippen LogP contribution in [0.5, 0.6) is 5.75 Å². The molecule has 0 atom stereocenters. The van der Waals surface area contributed by atoms with Crippen LogP contribution in [0.1, 0.15) is 10.4 Å². The summed E-state index contributed by atoms with van der Waals surface area (Å²) < 4.78 is 6.05. The van der Waals surface area contributed by atoms with Crippen molar-refractivity contribution in [2.24, 2.45) is 0 Å². The topological polar surface area (TPSA) is 46.5 Å². The minimum Gasteiger partial charge on any atom is -0.496 e.